The van der Waals surface area contributed by atoms with E-state index in [2.05, 4.69) is 57.3 Å². The fraction of sp³-hybridized carbons (Fsp3) is 0.531. The summed E-state index contributed by atoms with van der Waals surface area (Å²) in [7, 11) is -38.4. The summed E-state index contributed by atoms with van der Waals surface area (Å²) in [6.45, 7) is 4.64. The number of ether oxygens (including phenoxy) is 2. The van der Waals surface area contributed by atoms with Crippen molar-refractivity contribution in [2.75, 3.05) is 59.3 Å². The molecule has 38 nitrogen and oxygen atoms in total. The molecule has 10 aliphatic carbocycles. The summed E-state index contributed by atoms with van der Waals surface area (Å²) in [5.74, 6) is -8.23. The third-order valence-electron chi connectivity index (χ3n) is 27.3. The summed E-state index contributed by atoms with van der Waals surface area (Å²) in [4.78, 5) is 152. The number of hydrogen-bond acceptors (Lipinski definition) is 29. The van der Waals surface area contributed by atoms with Gasteiger partial charge in [-0.1, -0.05) is 148 Å². The normalized spacial score (nSPS) is 33.3. The van der Waals surface area contributed by atoms with Gasteiger partial charge in [0.1, 0.15) is 37.6 Å². The van der Waals surface area contributed by atoms with Crippen LogP contribution in [-0.4, -0.2) is 189 Å². The second kappa shape index (κ2) is 37.6. The van der Waals surface area contributed by atoms with E-state index in [9.17, 15) is 111 Å². The van der Waals surface area contributed by atoms with Crippen molar-refractivity contribution in [3.05, 3.63) is 167 Å². The number of nitrogens with one attached hydrogen (secondary N) is 1. The summed E-state index contributed by atoms with van der Waals surface area (Å²) < 4.78 is 168. The van der Waals surface area contributed by atoms with Crippen LogP contribution in [0.4, 0.5) is 13.6 Å². The van der Waals surface area contributed by atoms with E-state index in [1.165, 1.54) is 64.2 Å². The number of benzene rings is 4. The second-order valence-electron chi connectivity index (χ2n) is 34.4. The molecule has 6 fully saturated rings. The third-order valence-corrected chi connectivity index (χ3v) is 36.4. The third kappa shape index (κ3) is 19.7. The van der Waals surface area contributed by atoms with Crippen molar-refractivity contribution < 1.29 is 178 Å². The largest absolute Gasteiger partial charge is 0.490 e. The number of esters is 1. The highest BCUT2D eigenvalue weighted by atomic mass is 31.3. The Morgan fingerprint density at radius 3 is 1.20 bits per heavy atom. The Morgan fingerprint density at radius 1 is 0.484 bits per heavy atom. The van der Waals surface area contributed by atoms with Crippen LogP contribution in [0.25, 0.3) is 22.3 Å². The number of carbonyl (C=O) groups is 6. The number of amides is 1. The summed E-state index contributed by atoms with van der Waals surface area (Å²) in [5, 5.41) is 49.1. The number of phosphoric acid groups is 7. The van der Waals surface area contributed by atoms with E-state index >= 15 is 8.78 Å². The molecule has 0 bridgehead atoms. The summed E-state index contributed by atoms with van der Waals surface area (Å²) >= 11 is 0. The van der Waals surface area contributed by atoms with Crippen molar-refractivity contribution in [3.63, 3.8) is 0 Å². The first-order valence-corrected chi connectivity index (χ1v) is 51.4. The number of alkyl carbamates (subject to hydrolysis) is 1. The minimum absolute atomic E-state index is 0.00250. The van der Waals surface area contributed by atoms with Crippen LogP contribution in [0.2, 0.25) is 0 Å². The molecule has 47 heteroatoms. The van der Waals surface area contributed by atoms with Crippen LogP contribution in [0.1, 0.15) is 140 Å². The van der Waals surface area contributed by atoms with E-state index in [0.29, 0.717) is 24.0 Å². The molecule has 0 radical (unpaired) electrons. The Labute approximate surface area is 733 Å². The highest BCUT2D eigenvalue weighted by Crippen LogP contribution is 2.75. The van der Waals surface area contributed by atoms with Gasteiger partial charge in [-0.05, 0) is 164 Å². The monoisotopic (exact) mass is 1930 g/mol. The van der Waals surface area contributed by atoms with Gasteiger partial charge in [0, 0.05) is 64.8 Å². The minimum atomic E-state index is -5.95. The number of alkyl halides is 2. The molecule has 6 unspecified atom stereocenters. The van der Waals surface area contributed by atoms with E-state index in [1.807, 2.05) is 84.9 Å². The molecule has 14 rings (SSSR count). The van der Waals surface area contributed by atoms with Crippen molar-refractivity contribution in [1.29, 1.82) is 0 Å². The van der Waals surface area contributed by atoms with Gasteiger partial charge in [-0.3, -0.25) is 46.6 Å². The van der Waals surface area contributed by atoms with Crippen molar-refractivity contribution in [2.45, 2.75) is 152 Å². The summed E-state index contributed by atoms with van der Waals surface area (Å²) in [5.41, 5.74) is 0.115. The van der Waals surface area contributed by atoms with Crippen molar-refractivity contribution in [1.82, 2.24) is 5.32 Å². The van der Waals surface area contributed by atoms with E-state index in [4.69, 9.17) is 25.0 Å². The number of nitrogens with two attached hydrogens (primary N) is 1. The highest BCUT2D eigenvalue weighted by Gasteiger charge is 2.78. The van der Waals surface area contributed by atoms with Gasteiger partial charge in [-0.2, -0.15) is 17.2 Å². The standard InChI is InChI=1S/C39H47FNO16P3.C24H37FNO14P3.C18H19O6P/c1-23-18-32-31-13-12-24-19-25(42)14-15-36(24,2)38(31,40)33(43)20-37(32,3)39(23,46)34(44)22-55-59(49,50)57-60(51,52)56-58(47,48)54-17-16-41-35(45)53-21-30-28-10-6-4-8-26(28)27-9-5-7-11-29(27)30;1-14-10-18-17-5-4-15-11-16(27)6-7-21(15,2)23(17,25)19(28)12-22(18,3)24(14,30)20(29)13-38-42(33,34)40-43(35,36)39-41(31,32)37-9-8-26;19-18(10-5-11-24-25(20,21)22)23-12-17-15-8-3-1-6-13(15)14-7-2-4-9-16(14)17/h4-11,14-15,19,23,30-33,43,46H,12-13,16-18,20-22H2,1-3H3,(H,41,45)(H,47,48)(H,49,50)(H,51,52);6-7,11,14,17-19,28,30H,4-5,8-10,12-13,26H2,1-3H3,(H,31,32)(H,33,34)(H,35,36);1-4,6-9,17H,5,10-12H2,(H2,20,21,22)/t23-,31+,32+,33+,36+,37+,38+,39+;14-,17+,18+,19+,21+,22+,23+,24+;/m11./s1. The zero-order valence-corrected chi connectivity index (χ0v) is 76.3. The van der Waals surface area contributed by atoms with Crippen LogP contribution in [-0.2, 0) is 105 Å². The number of fused-ring (bicyclic) bond motifs is 16. The Balaban J connectivity index is 0.000000190. The van der Waals surface area contributed by atoms with Gasteiger partial charge in [0.15, 0.2) is 34.5 Å². The number of Topliss-reactive ketones (excluding diaryl/α,β-unsaturated/α-hetero) is 2. The maximum Gasteiger partial charge on any atom is 0.490 e. The van der Waals surface area contributed by atoms with Crippen LogP contribution in [0.5, 0.6) is 0 Å². The first kappa shape index (κ1) is 101. The lowest BCUT2D eigenvalue weighted by atomic mass is 9.44. The van der Waals surface area contributed by atoms with Gasteiger partial charge in [0.05, 0.1) is 32.0 Å². The number of carbonyl (C=O) groups excluding carboxylic acids is 6. The fourth-order valence-electron chi connectivity index (χ4n) is 21.6. The zero-order chi connectivity index (χ0) is 94.0. The maximum atomic E-state index is 17.4. The molecule has 22 atom stereocenters. The summed E-state index contributed by atoms with van der Waals surface area (Å²) in [6, 6.07) is 31.5. The zero-order valence-electron chi connectivity index (χ0n) is 70.0. The van der Waals surface area contributed by atoms with E-state index in [0.717, 1.165) is 44.5 Å². The van der Waals surface area contributed by atoms with Gasteiger partial charge >= 0.3 is 66.8 Å². The number of hydrogen-bond donors (Lipinski definition) is 14. The van der Waals surface area contributed by atoms with E-state index < -0.39 is 210 Å². The number of rotatable bonds is 32. The lowest BCUT2D eigenvalue weighted by Gasteiger charge is -2.62. The molecule has 4 aromatic carbocycles. The van der Waals surface area contributed by atoms with Crippen molar-refractivity contribution >= 4 is 90.0 Å². The summed E-state index contributed by atoms with van der Waals surface area (Å²) in [6.07, 6.45) is 4.83. The molecule has 6 saturated carbocycles. The average Bonchev–Trinajstić information content (AvgIpc) is 1.45. The Kier molecular flexibility index (Phi) is 29.6. The van der Waals surface area contributed by atoms with Gasteiger partial charge in [-0.25, -0.2) is 45.5 Å². The molecular weight excluding hydrogens is 1830 g/mol. The van der Waals surface area contributed by atoms with Crippen LogP contribution < -0.4 is 11.1 Å². The highest BCUT2D eigenvalue weighted by molar-refractivity contribution is 7.67. The average molecular weight is 1940 g/mol. The van der Waals surface area contributed by atoms with Gasteiger partial charge in [-0.15, -0.1) is 0 Å². The number of aliphatic hydroxyl groups is 4. The number of allylic oxidation sites excluding steroid dienone is 8. The molecule has 0 aromatic heterocycles. The van der Waals surface area contributed by atoms with Crippen LogP contribution in [0.3, 0.4) is 0 Å². The topological polar surface area (TPSA) is 604 Å². The molecule has 128 heavy (non-hydrogen) atoms. The number of phosphoric ester groups is 5. The van der Waals surface area contributed by atoms with Gasteiger partial charge in [0.2, 0.25) is 0 Å². The molecular formula is C81H103F2N2O36P7. The quantitative estimate of drug-likeness (QED) is 0.0123. The van der Waals surface area contributed by atoms with E-state index in [-0.39, 0.29) is 94.7 Å². The lowest BCUT2D eigenvalue weighted by molar-refractivity contribution is -0.219. The first-order valence-electron chi connectivity index (χ1n) is 40.9. The van der Waals surface area contributed by atoms with Gasteiger partial charge in [0.25, 0.3) is 0 Å². The molecule has 0 spiro atoms. The van der Waals surface area contributed by atoms with Crippen molar-refractivity contribution in [2.24, 2.45) is 62.9 Å². The van der Waals surface area contributed by atoms with Gasteiger partial charge < -0.3 is 80.1 Å². The smallest absolute Gasteiger partial charge is 0.465 e. The lowest BCUT2D eigenvalue weighted by Crippen LogP contribution is -2.69. The molecule has 4 aromatic rings. The number of ketones is 4. The van der Waals surface area contributed by atoms with E-state index in [1.54, 1.807) is 13.8 Å². The molecule has 0 saturated heterocycles. The van der Waals surface area contributed by atoms with Crippen molar-refractivity contribution in [3.8, 4) is 22.3 Å². The molecule has 15 N–H and O–H groups in total. The second-order valence-corrected chi connectivity index (χ2v) is 44.9. The van der Waals surface area contributed by atoms with Crippen LogP contribution >= 0.6 is 54.8 Å². The molecule has 10 aliphatic rings. The Morgan fingerprint density at radius 2 is 0.836 bits per heavy atom. The Hall–Kier alpha value is -6.15. The number of aliphatic hydroxyl groups excluding tert-OH is 2. The van der Waals surface area contributed by atoms with Crippen LogP contribution in [0, 0.1) is 57.2 Å². The molecule has 0 heterocycles. The van der Waals surface area contributed by atoms with Crippen LogP contribution in [0.15, 0.2) is 145 Å². The predicted molar refractivity (Wildman–Crippen MR) is 447 cm³/mol. The Bertz CT molecular complexity index is 5410. The molecule has 0 aliphatic heterocycles. The SMILES string of the molecule is C[C@@H]1C[C@H]2[C@@H]3CCC4=CC(=O)C=C[C@]4(C)[C@@]3(F)[C@@H](O)C[C@]2(C)[C@@]1(O)C(=O)COP(=O)(O)OP(=O)(O)OP(=O)(O)OCCN.C[C@@H]1C[C@H]2[C@@H]3CCC4=CC(=O)C=C[C@]4(C)[C@@]3(F)[C@@H](O)C[C@]2(C)[C@@]1(O)C(=O)COP(=O)(O)OP(=O)(O)OP(=O)(O)OCCNC(=O)OCC1c2ccccc2-c2ccccc21.O=C(CCCOP(=O)(O)O)OCC1c2ccccc2-c2ccccc21. The molecule has 702 valence electrons. The first-order chi connectivity index (χ1) is 59.5. The fourth-order valence-corrected chi connectivity index (χ4v) is 28.9. The predicted octanol–water partition coefficient (Wildman–Crippen LogP) is 11.3. The minimum Gasteiger partial charge on any atom is -0.465 e. The molecule has 1 amide bonds. The maximum absolute atomic E-state index is 17.4. The number of halogens is 2.